The molecule has 0 atom stereocenters. The molecule has 0 bridgehead atoms. The van der Waals surface area contributed by atoms with Crippen LogP contribution in [0.5, 0.6) is 0 Å². The van der Waals surface area contributed by atoms with Gasteiger partial charge in [-0.1, -0.05) is 53.3 Å². The molecule has 24 heavy (non-hydrogen) atoms. The third-order valence-corrected chi connectivity index (χ3v) is 4.66. The molecular formula is C18H13ClN4S. The smallest absolute Gasteiger partial charge is 0.189 e. The molecule has 0 fully saturated rings. The van der Waals surface area contributed by atoms with Crippen molar-refractivity contribution in [1.82, 2.24) is 15.0 Å². The van der Waals surface area contributed by atoms with E-state index in [2.05, 4.69) is 20.3 Å². The van der Waals surface area contributed by atoms with Crippen LogP contribution in [0.4, 0.5) is 10.9 Å². The number of fused-ring (bicyclic) bond motifs is 1. The number of nitrogens with zero attached hydrogens (tertiary/aromatic N) is 3. The maximum Gasteiger partial charge on any atom is 0.189 e. The Morgan fingerprint density at radius 2 is 1.79 bits per heavy atom. The number of anilines is 2. The molecule has 2 heterocycles. The normalized spacial score (nSPS) is 10.9. The summed E-state index contributed by atoms with van der Waals surface area (Å²) in [5.74, 6) is 1.44. The molecule has 4 nitrogen and oxygen atoms in total. The summed E-state index contributed by atoms with van der Waals surface area (Å²) in [4.78, 5) is 13.5. The summed E-state index contributed by atoms with van der Waals surface area (Å²) in [6.45, 7) is 1.88. The number of thiazole rings is 1. The van der Waals surface area contributed by atoms with E-state index in [9.17, 15) is 0 Å². The van der Waals surface area contributed by atoms with Gasteiger partial charge in [-0.15, -0.1) is 0 Å². The van der Waals surface area contributed by atoms with Gasteiger partial charge in [-0.3, -0.25) is 0 Å². The van der Waals surface area contributed by atoms with Crippen LogP contribution in [0.25, 0.3) is 21.5 Å². The molecule has 0 aliphatic carbocycles. The number of hydrogen-bond acceptors (Lipinski definition) is 5. The first-order chi connectivity index (χ1) is 11.7. The molecule has 118 valence electrons. The molecule has 0 aliphatic rings. The number of hydrogen-bond donors (Lipinski definition) is 1. The Balaban J connectivity index is 1.69. The first kappa shape index (κ1) is 15.1. The highest BCUT2D eigenvalue weighted by Crippen LogP contribution is 2.30. The van der Waals surface area contributed by atoms with Crippen molar-refractivity contribution < 1.29 is 0 Å². The fourth-order valence-corrected chi connectivity index (χ4v) is 3.60. The molecule has 2 aromatic carbocycles. The predicted molar refractivity (Wildman–Crippen MR) is 100 cm³/mol. The highest BCUT2D eigenvalue weighted by molar-refractivity contribution is 7.22. The van der Waals surface area contributed by atoms with Gasteiger partial charge in [-0.05, 0) is 25.1 Å². The fourth-order valence-electron chi connectivity index (χ4n) is 2.45. The van der Waals surface area contributed by atoms with Crippen LogP contribution >= 0.6 is 22.9 Å². The van der Waals surface area contributed by atoms with E-state index in [1.165, 1.54) is 0 Å². The lowest BCUT2D eigenvalue weighted by atomic mass is 10.1. The molecule has 4 aromatic rings. The van der Waals surface area contributed by atoms with Crippen molar-refractivity contribution >= 4 is 44.1 Å². The Bertz CT molecular complexity index is 1010. The third-order valence-electron chi connectivity index (χ3n) is 3.49. The quantitative estimate of drug-likeness (QED) is 0.532. The Hall–Kier alpha value is -2.50. The van der Waals surface area contributed by atoms with Crippen LogP contribution in [0.3, 0.4) is 0 Å². The van der Waals surface area contributed by atoms with Crippen molar-refractivity contribution in [2.45, 2.75) is 6.92 Å². The number of aromatic nitrogens is 3. The number of nitrogens with one attached hydrogen (secondary N) is 1. The first-order valence-corrected chi connectivity index (χ1v) is 8.61. The van der Waals surface area contributed by atoms with Gasteiger partial charge in [0.15, 0.2) is 5.13 Å². The standard InChI is InChI=1S/C18H13ClN4S/c1-11-20-15(12-5-3-2-4-6-12)10-17(21-11)23-18-22-14-8-7-13(19)9-16(14)24-18/h2-10H,1H3,(H,20,21,22,23). The van der Waals surface area contributed by atoms with E-state index in [1.807, 2.05) is 61.5 Å². The summed E-state index contributed by atoms with van der Waals surface area (Å²) in [6, 6.07) is 17.7. The summed E-state index contributed by atoms with van der Waals surface area (Å²) in [5, 5.41) is 4.77. The largest absolute Gasteiger partial charge is 0.316 e. The second-order valence-corrected chi connectivity index (χ2v) is 6.77. The van der Waals surface area contributed by atoms with E-state index in [1.54, 1.807) is 11.3 Å². The number of rotatable bonds is 3. The van der Waals surface area contributed by atoms with Crippen molar-refractivity contribution in [3.05, 3.63) is 65.4 Å². The number of benzene rings is 2. The number of halogens is 1. The van der Waals surface area contributed by atoms with E-state index in [-0.39, 0.29) is 0 Å². The monoisotopic (exact) mass is 352 g/mol. The van der Waals surface area contributed by atoms with Crippen LogP contribution in [0.15, 0.2) is 54.6 Å². The van der Waals surface area contributed by atoms with E-state index in [0.717, 1.165) is 32.4 Å². The Labute approximate surface area is 148 Å². The topological polar surface area (TPSA) is 50.7 Å². The molecule has 0 aliphatic heterocycles. The Kier molecular flexibility index (Phi) is 3.88. The van der Waals surface area contributed by atoms with Crippen molar-refractivity contribution in [3.63, 3.8) is 0 Å². The van der Waals surface area contributed by atoms with Gasteiger partial charge in [-0.25, -0.2) is 15.0 Å². The van der Waals surface area contributed by atoms with Crippen LogP contribution < -0.4 is 5.32 Å². The van der Waals surface area contributed by atoms with E-state index < -0.39 is 0 Å². The van der Waals surface area contributed by atoms with Crippen LogP contribution in [-0.2, 0) is 0 Å². The molecule has 1 N–H and O–H groups in total. The molecule has 6 heteroatoms. The average molecular weight is 353 g/mol. The maximum atomic E-state index is 6.04. The van der Waals surface area contributed by atoms with E-state index in [4.69, 9.17) is 11.6 Å². The molecule has 0 amide bonds. The van der Waals surface area contributed by atoms with Gasteiger partial charge in [0, 0.05) is 16.7 Å². The minimum atomic E-state index is 0.710. The molecule has 2 aromatic heterocycles. The molecule has 0 saturated heterocycles. The van der Waals surface area contributed by atoms with Gasteiger partial charge < -0.3 is 5.32 Å². The second-order valence-electron chi connectivity index (χ2n) is 5.31. The van der Waals surface area contributed by atoms with Gasteiger partial charge >= 0.3 is 0 Å². The zero-order chi connectivity index (χ0) is 16.5. The van der Waals surface area contributed by atoms with Crippen LogP contribution in [0.2, 0.25) is 5.02 Å². The molecule has 4 rings (SSSR count). The highest BCUT2D eigenvalue weighted by atomic mass is 35.5. The molecule has 0 radical (unpaired) electrons. The fraction of sp³-hybridized carbons (Fsp3) is 0.0556. The van der Waals surface area contributed by atoms with Crippen LogP contribution in [0.1, 0.15) is 5.82 Å². The zero-order valence-electron chi connectivity index (χ0n) is 12.8. The van der Waals surface area contributed by atoms with Crippen LogP contribution in [0, 0.1) is 6.92 Å². The summed E-state index contributed by atoms with van der Waals surface area (Å²) >= 11 is 7.58. The summed E-state index contributed by atoms with van der Waals surface area (Å²) in [5.41, 5.74) is 2.86. The highest BCUT2D eigenvalue weighted by Gasteiger charge is 2.08. The van der Waals surface area contributed by atoms with Gasteiger partial charge in [0.1, 0.15) is 11.6 Å². The van der Waals surface area contributed by atoms with Crippen molar-refractivity contribution in [3.8, 4) is 11.3 Å². The molecule has 0 spiro atoms. The van der Waals surface area contributed by atoms with E-state index >= 15 is 0 Å². The van der Waals surface area contributed by atoms with Gasteiger partial charge in [0.05, 0.1) is 15.9 Å². The third kappa shape index (κ3) is 3.09. The average Bonchev–Trinajstić information content (AvgIpc) is 2.96. The van der Waals surface area contributed by atoms with Crippen molar-refractivity contribution in [1.29, 1.82) is 0 Å². The minimum Gasteiger partial charge on any atom is -0.316 e. The minimum absolute atomic E-state index is 0.710. The molecular weight excluding hydrogens is 340 g/mol. The van der Waals surface area contributed by atoms with E-state index in [0.29, 0.717) is 10.8 Å². The van der Waals surface area contributed by atoms with Gasteiger partial charge in [-0.2, -0.15) is 0 Å². The summed E-state index contributed by atoms with van der Waals surface area (Å²) in [7, 11) is 0. The maximum absolute atomic E-state index is 6.04. The van der Waals surface area contributed by atoms with Crippen LogP contribution in [-0.4, -0.2) is 15.0 Å². The SMILES string of the molecule is Cc1nc(Nc2nc3ccc(Cl)cc3s2)cc(-c2ccccc2)n1. The van der Waals surface area contributed by atoms with Crippen molar-refractivity contribution in [2.24, 2.45) is 0 Å². The Morgan fingerprint density at radius 3 is 2.62 bits per heavy atom. The molecule has 0 unspecified atom stereocenters. The summed E-state index contributed by atoms with van der Waals surface area (Å²) < 4.78 is 1.04. The lowest BCUT2D eigenvalue weighted by Crippen LogP contribution is -1.98. The lowest BCUT2D eigenvalue weighted by Gasteiger charge is -2.06. The first-order valence-electron chi connectivity index (χ1n) is 7.41. The second kappa shape index (κ2) is 6.19. The number of aryl methyl sites for hydroxylation is 1. The lowest BCUT2D eigenvalue weighted by molar-refractivity contribution is 1.06. The van der Waals surface area contributed by atoms with Gasteiger partial charge in [0.25, 0.3) is 0 Å². The molecule has 0 saturated carbocycles. The Morgan fingerprint density at radius 1 is 0.958 bits per heavy atom. The summed E-state index contributed by atoms with van der Waals surface area (Å²) in [6.07, 6.45) is 0. The van der Waals surface area contributed by atoms with Crippen molar-refractivity contribution in [2.75, 3.05) is 5.32 Å². The predicted octanol–water partition coefficient (Wildman–Crippen LogP) is 5.46. The zero-order valence-corrected chi connectivity index (χ0v) is 14.4. The van der Waals surface area contributed by atoms with Gasteiger partial charge in [0.2, 0.25) is 0 Å².